The lowest BCUT2D eigenvalue weighted by molar-refractivity contribution is -0.519. The van der Waals surface area contributed by atoms with Gasteiger partial charge in [-0.1, -0.05) is 13.8 Å². The number of carbonyl (C=O) groups excluding carboxylic acids is 1. The van der Waals surface area contributed by atoms with Crippen LogP contribution >= 0.6 is 0 Å². The molecule has 0 amide bonds. The summed E-state index contributed by atoms with van der Waals surface area (Å²) in [5, 5.41) is 0. The van der Waals surface area contributed by atoms with Crippen LogP contribution in [0.3, 0.4) is 0 Å². The Morgan fingerprint density at radius 3 is 1.79 bits per heavy atom. The highest BCUT2D eigenvalue weighted by molar-refractivity contribution is 5.96. The van der Waals surface area contributed by atoms with E-state index < -0.39 is 0 Å². The Morgan fingerprint density at radius 2 is 1.57 bits per heavy atom. The molecule has 82 valence electrons. The van der Waals surface area contributed by atoms with Crippen LogP contribution in [-0.4, -0.2) is 29.7 Å². The molecule has 0 saturated heterocycles. The fourth-order valence-electron chi connectivity index (χ4n) is 1.78. The number of carbonyl (C=O) groups is 1. The maximum Gasteiger partial charge on any atom is 0.153 e. The zero-order valence-electron chi connectivity index (χ0n) is 10.3. The van der Waals surface area contributed by atoms with Crippen molar-refractivity contribution in [2.45, 2.75) is 47.5 Å². The van der Waals surface area contributed by atoms with E-state index in [0.29, 0.717) is 0 Å². The predicted molar refractivity (Wildman–Crippen MR) is 61.1 cm³/mol. The summed E-state index contributed by atoms with van der Waals surface area (Å²) in [6, 6.07) is 0. The van der Waals surface area contributed by atoms with Crippen molar-refractivity contribution >= 4 is 12.0 Å². The number of Topliss-reactive ketones (excluding diaryl/α,β-unsaturated/α-hetero) is 1. The number of hydrogen-bond donors (Lipinski definition) is 0. The largest absolute Gasteiger partial charge is 0.299 e. The number of hydrogen-bond acceptors (Lipinski definition) is 1. The molecule has 0 aromatic carbocycles. The summed E-state index contributed by atoms with van der Waals surface area (Å²) in [5.74, 6) is 0.286. The van der Waals surface area contributed by atoms with Crippen LogP contribution in [0.4, 0.5) is 0 Å². The molecule has 0 aliphatic heterocycles. The second-order valence-electron chi connectivity index (χ2n) is 3.77. The fraction of sp³-hybridized carbons (Fsp3) is 0.833. The first-order valence-electron chi connectivity index (χ1n) is 5.67. The van der Waals surface area contributed by atoms with Gasteiger partial charge in [-0.2, -0.15) is 0 Å². The summed E-state index contributed by atoms with van der Waals surface area (Å²) in [4.78, 5) is 11.6. The monoisotopic (exact) mass is 198 g/mol. The molecule has 0 aromatic heterocycles. The van der Waals surface area contributed by atoms with E-state index in [1.54, 1.807) is 6.92 Å². The van der Waals surface area contributed by atoms with Crippen molar-refractivity contribution in [2.75, 3.05) is 13.1 Å². The molecule has 0 atom stereocenters. The Labute approximate surface area is 88.0 Å². The van der Waals surface area contributed by atoms with Gasteiger partial charge in [0.15, 0.2) is 6.21 Å². The van der Waals surface area contributed by atoms with Gasteiger partial charge in [0, 0.05) is 0 Å². The molecule has 0 aliphatic carbocycles. The van der Waals surface area contributed by atoms with Gasteiger partial charge in [0.25, 0.3) is 0 Å². The van der Waals surface area contributed by atoms with E-state index >= 15 is 0 Å². The van der Waals surface area contributed by atoms with Gasteiger partial charge in [-0.3, -0.25) is 4.79 Å². The minimum atomic E-state index is -0.230. The standard InChI is InChI=1S/C12H24NO/c1-6-12(7-2,11(5)14)10-13(8-3)9-4/h10H,6-9H2,1-5H3/q+1. The van der Waals surface area contributed by atoms with E-state index in [0.717, 1.165) is 25.9 Å². The van der Waals surface area contributed by atoms with Crippen LogP contribution in [0.25, 0.3) is 0 Å². The smallest absolute Gasteiger partial charge is 0.153 e. The number of ketones is 1. The Hall–Kier alpha value is -0.660. The Kier molecular flexibility index (Phi) is 5.66. The van der Waals surface area contributed by atoms with E-state index in [1.807, 2.05) is 0 Å². The van der Waals surface area contributed by atoms with Gasteiger partial charge in [0.2, 0.25) is 0 Å². The average Bonchev–Trinajstić information content (AvgIpc) is 2.20. The Morgan fingerprint density at radius 1 is 1.14 bits per heavy atom. The molecule has 0 saturated carbocycles. The third-order valence-electron chi connectivity index (χ3n) is 3.21. The maximum absolute atomic E-state index is 11.6. The SMILES string of the molecule is CC[N+](=CC(CC)(CC)C(C)=O)CC. The highest BCUT2D eigenvalue weighted by Gasteiger charge is 2.33. The normalized spacial score (nSPS) is 11.2. The summed E-state index contributed by atoms with van der Waals surface area (Å²) in [5.41, 5.74) is -0.230. The van der Waals surface area contributed by atoms with Crippen molar-refractivity contribution in [3.8, 4) is 0 Å². The first kappa shape index (κ1) is 13.3. The van der Waals surface area contributed by atoms with Crippen LogP contribution in [-0.2, 0) is 4.79 Å². The highest BCUT2D eigenvalue weighted by atomic mass is 16.1. The molecule has 0 rings (SSSR count). The average molecular weight is 198 g/mol. The Balaban J connectivity index is 4.99. The van der Waals surface area contributed by atoms with Crippen molar-refractivity contribution < 1.29 is 9.37 Å². The maximum atomic E-state index is 11.6. The van der Waals surface area contributed by atoms with E-state index in [2.05, 4.69) is 38.5 Å². The van der Waals surface area contributed by atoms with Crippen molar-refractivity contribution in [3.05, 3.63) is 0 Å². The molecule has 0 bridgehead atoms. The van der Waals surface area contributed by atoms with Crippen molar-refractivity contribution in [2.24, 2.45) is 5.41 Å². The van der Waals surface area contributed by atoms with Gasteiger partial charge in [-0.15, -0.1) is 0 Å². The topological polar surface area (TPSA) is 20.1 Å². The minimum Gasteiger partial charge on any atom is -0.299 e. The van der Waals surface area contributed by atoms with Gasteiger partial charge < -0.3 is 0 Å². The van der Waals surface area contributed by atoms with Gasteiger partial charge in [0.05, 0.1) is 0 Å². The lowest BCUT2D eigenvalue weighted by atomic mass is 9.80. The molecular weight excluding hydrogens is 174 g/mol. The van der Waals surface area contributed by atoms with Gasteiger partial charge in [-0.25, -0.2) is 4.58 Å². The fourth-order valence-corrected chi connectivity index (χ4v) is 1.78. The zero-order chi connectivity index (χ0) is 11.2. The first-order valence-corrected chi connectivity index (χ1v) is 5.67. The summed E-state index contributed by atoms with van der Waals surface area (Å²) in [6.07, 6.45) is 3.93. The molecule has 2 nitrogen and oxygen atoms in total. The van der Waals surface area contributed by atoms with Gasteiger partial charge >= 0.3 is 0 Å². The quantitative estimate of drug-likeness (QED) is 0.474. The van der Waals surface area contributed by atoms with Crippen LogP contribution < -0.4 is 0 Å². The lowest BCUT2D eigenvalue weighted by Crippen LogP contribution is -2.34. The molecule has 0 heterocycles. The summed E-state index contributed by atoms with van der Waals surface area (Å²) < 4.78 is 2.22. The summed E-state index contributed by atoms with van der Waals surface area (Å²) in [7, 11) is 0. The molecule has 0 fully saturated rings. The van der Waals surface area contributed by atoms with Crippen molar-refractivity contribution in [1.82, 2.24) is 0 Å². The van der Waals surface area contributed by atoms with Crippen molar-refractivity contribution in [1.29, 1.82) is 0 Å². The van der Waals surface area contributed by atoms with E-state index in [1.165, 1.54) is 0 Å². The van der Waals surface area contributed by atoms with E-state index in [4.69, 9.17) is 0 Å². The van der Waals surface area contributed by atoms with Gasteiger partial charge in [-0.05, 0) is 33.6 Å². The number of nitrogens with zero attached hydrogens (tertiary/aromatic N) is 1. The minimum absolute atomic E-state index is 0.230. The summed E-state index contributed by atoms with van der Waals surface area (Å²) in [6.45, 7) is 12.1. The molecule has 14 heavy (non-hydrogen) atoms. The molecule has 0 aromatic rings. The molecule has 0 unspecified atom stereocenters. The summed E-state index contributed by atoms with van der Waals surface area (Å²) >= 11 is 0. The van der Waals surface area contributed by atoms with Crippen LogP contribution in [0.5, 0.6) is 0 Å². The molecule has 0 spiro atoms. The van der Waals surface area contributed by atoms with Crippen molar-refractivity contribution in [3.63, 3.8) is 0 Å². The van der Waals surface area contributed by atoms with Gasteiger partial charge in [0.1, 0.15) is 24.3 Å². The van der Waals surface area contributed by atoms with Crippen LogP contribution in [0.15, 0.2) is 0 Å². The molecule has 2 heteroatoms. The second kappa shape index (κ2) is 5.94. The lowest BCUT2D eigenvalue weighted by Gasteiger charge is -2.21. The molecule has 0 N–H and O–H groups in total. The molecule has 0 aliphatic rings. The highest BCUT2D eigenvalue weighted by Crippen LogP contribution is 2.24. The third kappa shape index (κ3) is 2.93. The number of rotatable bonds is 6. The first-order chi connectivity index (χ1) is 6.56. The Bertz CT molecular complexity index is 208. The molecule has 0 radical (unpaired) electrons. The van der Waals surface area contributed by atoms with Crippen LogP contribution in [0.2, 0.25) is 0 Å². The third-order valence-corrected chi connectivity index (χ3v) is 3.21. The van der Waals surface area contributed by atoms with E-state index in [-0.39, 0.29) is 11.2 Å². The van der Waals surface area contributed by atoms with Crippen LogP contribution in [0.1, 0.15) is 47.5 Å². The zero-order valence-corrected chi connectivity index (χ0v) is 10.3. The second-order valence-corrected chi connectivity index (χ2v) is 3.77. The molecular formula is C12H24NO+. The van der Waals surface area contributed by atoms with Crippen LogP contribution in [0, 0.1) is 5.41 Å². The van der Waals surface area contributed by atoms with E-state index in [9.17, 15) is 4.79 Å². The predicted octanol–water partition coefficient (Wildman–Crippen LogP) is 2.50.